The number of nitriles is 1. The summed E-state index contributed by atoms with van der Waals surface area (Å²) in [5, 5.41) is 8.68. The molecule has 0 aromatic carbocycles. The van der Waals surface area contributed by atoms with E-state index >= 15 is 0 Å². The quantitative estimate of drug-likeness (QED) is 0.729. The highest BCUT2D eigenvalue weighted by molar-refractivity contribution is 7.89. The Kier molecular flexibility index (Phi) is 5.09. The highest BCUT2D eigenvalue weighted by Gasteiger charge is 2.19. The first kappa shape index (κ1) is 13.4. The summed E-state index contributed by atoms with van der Waals surface area (Å²) in [5.74, 6) is 0.144. The van der Waals surface area contributed by atoms with E-state index in [9.17, 15) is 8.42 Å². The predicted molar refractivity (Wildman–Crippen MR) is 56.1 cm³/mol. The maximum Gasteiger partial charge on any atom is 0.211 e. The molecule has 5 heteroatoms. The molecule has 4 nitrogen and oxygen atoms in total. The number of hydrogen-bond donors (Lipinski definition) is 1. The summed E-state index contributed by atoms with van der Waals surface area (Å²) < 4.78 is 25.1. The first-order chi connectivity index (χ1) is 6.33. The van der Waals surface area contributed by atoms with Gasteiger partial charge < -0.3 is 0 Å². The average molecular weight is 218 g/mol. The minimum absolute atomic E-state index is 0.144. The van der Waals surface area contributed by atoms with Gasteiger partial charge in [0.25, 0.3) is 0 Å². The summed E-state index contributed by atoms with van der Waals surface area (Å²) >= 11 is 0. The third kappa shape index (κ3) is 5.95. The van der Waals surface area contributed by atoms with Crippen molar-refractivity contribution in [2.24, 2.45) is 5.41 Å². The van der Waals surface area contributed by atoms with Crippen LogP contribution in [-0.2, 0) is 10.0 Å². The standard InChI is InChI=1S/C9H18N2O2S/c1-4-5-6-14(12,13)11-8-9(2,3)7-10/h11H,4-6,8H2,1-3H3. The van der Waals surface area contributed by atoms with Crippen molar-refractivity contribution < 1.29 is 8.42 Å². The fourth-order valence-corrected chi connectivity index (χ4v) is 2.13. The summed E-state index contributed by atoms with van der Waals surface area (Å²) in [4.78, 5) is 0. The number of rotatable bonds is 6. The molecule has 0 atom stereocenters. The van der Waals surface area contributed by atoms with Gasteiger partial charge in [0.2, 0.25) is 10.0 Å². The molecule has 0 bridgehead atoms. The lowest BCUT2D eigenvalue weighted by molar-refractivity contribution is 0.478. The van der Waals surface area contributed by atoms with E-state index in [1.807, 2.05) is 13.0 Å². The van der Waals surface area contributed by atoms with Crippen molar-refractivity contribution in [2.75, 3.05) is 12.3 Å². The second-order valence-corrected chi connectivity index (χ2v) is 5.92. The van der Waals surface area contributed by atoms with E-state index in [1.165, 1.54) is 0 Å². The first-order valence-electron chi connectivity index (χ1n) is 4.71. The molecule has 0 aliphatic carbocycles. The average Bonchev–Trinajstić information content (AvgIpc) is 2.12. The molecule has 0 heterocycles. The maximum atomic E-state index is 11.3. The van der Waals surface area contributed by atoms with Crippen LogP contribution in [0.15, 0.2) is 0 Å². The lowest BCUT2D eigenvalue weighted by atomic mass is 9.97. The maximum absolute atomic E-state index is 11.3. The molecule has 0 unspecified atom stereocenters. The number of nitrogens with zero attached hydrogens (tertiary/aromatic N) is 1. The van der Waals surface area contributed by atoms with Gasteiger partial charge in [-0.1, -0.05) is 13.3 Å². The zero-order valence-electron chi connectivity index (χ0n) is 9.00. The van der Waals surface area contributed by atoms with E-state index < -0.39 is 15.4 Å². The lowest BCUT2D eigenvalue weighted by Crippen LogP contribution is -2.34. The van der Waals surface area contributed by atoms with Crippen molar-refractivity contribution in [3.05, 3.63) is 0 Å². The summed E-state index contributed by atoms with van der Waals surface area (Å²) in [6.45, 7) is 5.52. The van der Waals surface area contributed by atoms with Crippen LogP contribution in [0.1, 0.15) is 33.6 Å². The molecule has 0 fully saturated rings. The molecule has 0 saturated heterocycles. The molecular formula is C9H18N2O2S. The Balaban J connectivity index is 4.08. The minimum atomic E-state index is -3.19. The summed E-state index contributed by atoms with van der Waals surface area (Å²) in [5.41, 5.74) is -0.640. The molecule has 1 N–H and O–H groups in total. The van der Waals surface area contributed by atoms with Gasteiger partial charge in [0.1, 0.15) is 0 Å². The molecule has 0 amide bonds. The molecule has 0 aliphatic rings. The Morgan fingerprint density at radius 3 is 2.43 bits per heavy atom. The molecular weight excluding hydrogens is 200 g/mol. The van der Waals surface area contributed by atoms with E-state index in [2.05, 4.69) is 4.72 Å². The van der Waals surface area contributed by atoms with Crippen molar-refractivity contribution in [1.82, 2.24) is 4.72 Å². The topological polar surface area (TPSA) is 70.0 Å². The van der Waals surface area contributed by atoms with E-state index in [-0.39, 0.29) is 12.3 Å². The van der Waals surface area contributed by atoms with Crippen LogP contribution in [0.3, 0.4) is 0 Å². The number of unbranched alkanes of at least 4 members (excludes halogenated alkanes) is 1. The molecule has 14 heavy (non-hydrogen) atoms. The van der Waals surface area contributed by atoms with Gasteiger partial charge in [0.05, 0.1) is 17.2 Å². The highest BCUT2D eigenvalue weighted by Crippen LogP contribution is 2.11. The van der Waals surface area contributed by atoms with Crippen LogP contribution in [0.4, 0.5) is 0 Å². The minimum Gasteiger partial charge on any atom is -0.214 e. The number of sulfonamides is 1. The van der Waals surface area contributed by atoms with Gasteiger partial charge in [-0.05, 0) is 20.3 Å². The van der Waals surface area contributed by atoms with Gasteiger partial charge in [-0.2, -0.15) is 5.26 Å². The smallest absolute Gasteiger partial charge is 0.211 e. The Morgan fingerprint density at radius 1 is 1.43 bits per heavy atom. The molecule has 0 radical (unpaired) electrons. The second kappa shape index (κ2) is 5.32. The second-order valence-electron chi connectivity index (χ2n) is 3.99. The van der Waals surface area contributed by atoms with Crippen LogP contribution >= 0.6 is 0 Å². The lowest BCUT2D eigenvalue weighted by Gasteiger charge is -2.15. The number of nitrogens with one attached hydrogen (secondary N) is 1. The van der Waals surface area contributed by atoms with Gasteiger partial charge >= 0.3 is 0 Å². The third-order valence-electron chi connectivity index (χ3n) is 1.80. The molecule has 82 valence electrons. The Hall–Kier alpha value is -0.600. The van der Waals surface area contributed by atoms with E-state index in [1.54, 1.807) is 13.8 Å². The van der Waals surface area contributed by atoms with Crippen LogP contribution < -0.4 is 4.72 Å². The van der Waals surface area contributed by atoms with Crippen molar-refractivity contribution in [1.29, 1.82) is 5.26 Å². The van der Waals surface area contributed by atoms with Gasteiger partial charge in [-0.3, -0.25) is 0 Å². The Labute approximate surface area is 86.4 Å². The number of hydrogen-bond acceptors (Lipinski definition) is 3. The van der Waals surface area contributed by atoms with Crippen LogP contribution in [0.25, 0.3) is 0 Å². The summed E-state index contributed by atoms with van der Waals surface area (Å²) in [6, 6.07) is 2.04. The normalized spacial score (nSPS) is 12.4. The van der Waals surface area contributed by atoms with Crippen LogP contribution in [0.5, 0.6) is 0 Å². The first-order valence-corrected chi connectivity index (χ1v) is 6.37. The van der Waals surface area contributed by atoms with E-state index in [4.69, 9.17) is 5.26 Å². The molecule has 0 aromatic heterocycles. The van der Waals surface area contributed by atoms with Crippen molar-refractivity contribution in [3.8, 4) is 6.07 Å². The Bertz CT molecular complexity index is 301. The van der Waals surface area contributed by atoms with Crippen LogP contribution in [0.2, 0.25) is 0 Å². The van der Waals surface area contributed by atoms with Crippen molar-refractivity contribution in [3.63, 3.8) is 0 Å². The van der Waals surface area contributed by atoms with Crippen molar-refractivity contribution in [2.45, 2.75) is 33.6 Å². The monoisotopic (exact) mass is 218 g/mol. The summed E-state index contributed by atoms with van der Waals surface area (Å²) in [6.07, 6.45) is 1.50. The van der Waals surface area contributed by atoms with Crippen molar-refractivity contribution >= 4 is 10.0 Å². The van der Waals surface area contributed by atoms with E-state index in [0.717, 1.165) is 6.42 Å². The van der Waals surface area contributed by atoms with Crippen LogP contribution in [-0.4, -0.2) is 20.7 Å². The molecule has 0 aliphatic heterocycles. The zero-order valence-corrected chi connectivity index (χ0v) is 9.82. The largest absolute Gasteiger partial charge is 0.214 e. The molecule has 0 aromatic rings. The van der Waals surface area contributed by atoms with Crippen LogP contribution in [0, 0.1) is 16.7 Å². The van der Waals surface area contributed by atoms with Gasteiger partial charge in [-0.25, -0.2) is 13.1 Å². The van der Waals surface area contributed by atoms with Gasteiger partial charge in [0, 0.05) is 6.54 Å². The van der Waals surface area contributed by atoms with Gasteiger partial charge in [-0.15, -0.1) is 0 Å². The fourth-order valence-electron chi connectivity index (χ4n) is 0.736. The molecule has 0 rings (SSSR count). The summed E-state index contributed by atoms with van der Waals surface area (Å²) in [7, 11) is -3.19. The Morgan fingerprint density at radius 2 is 2.00 bits per heavy atom. The molecule has 0 saturated carbocycles. The zero-order chi connectivity index (χ0) is 11.2. The predicted octanol–water partition coefficient (Wildman–Crippen LogP) is 1.26. The highest BCUT2D eigenvalue weighted by atomic mass is 32.2. The SMILES string of the molecule is CCCCS(=O)(=O)NCC(C)(C)C#N. The fraction of sp³-hybridized carbons (Fsp3) is 0.889. The molecule has 0 spiro atoms. The third-order valence-corrected chi connectivity index (χ3v) is 3.21. The van der Waals surface area contributed by atoms with Gasteiger partial charge in [0.15, 0.2) is 0 Å². The van der Waals surface area contributed by atoms with E-state index in [0.29, 0.717) is 6.42 Å².